The van der Waals surface area contributed by atoms with E-state index in [1.165, 1.54) is 27.4 Å². The summed E-state index contributed by atoms with van der Waals surface area (Å²) in [5.41, 5.74) is 1.23. The van der Waals surface area contributed by atoms with Crippen molar-refractivity contribution in [3.8, 4) is 11.5 Å². The fraction of sp³-hybridized carbons (Fsp3) is 0.172. The van der Waals surface area contributed by atoms with Crippen LogP contribution in [0.25, 0.3) is 0 Å². The number of para-hydroxylation sites is 1. The molecular formula is C29H24F3N5O4S. The number of hydrogen-bond acceptors (Lipinski definition) is 7. The zero-order chi connectivity index (χ0) is 29.3. The van der Waals surface area contributed by atoms with Crippen LogP contribution in [0.4, 0.5) is 18.9 Å². The molecule has 13 heteroatoms. The zero-order valence-corrected chi connectivity index (χ0v) is 22.8. The molecule has 2 aromatic heterocycles. The molecule has 216 valence electrons. The lowest BCUT2D eigenvalue weighted by atomic mass is 10.1. The van der Waals surface area contributed by atoms with Crippen molar-refractivity contribution >= 4 is 15.7 Å². The number of nitrogens with one attached hydrogen (secondary N) is 1. The third-order valence-electron chi connectivity index (χ3n) is 6.70. The maximum absolute atomic E-state index is 14.2. The molecule has 0 radical (unpaired) electrons. The second-order valence-electron chi connectivity index (χ2n) is 9.65. The molecule has 1 aliphatic rings. The summed E-state index contributed by atoms with van der Waals surface area (Å²) in [6.07, 6.45) is -1.31. The van der Waals surface area contributed by atoms with Crippen molar-refractivity contribution in [2.45, 2.75) is 37.3 Å². The van der Waals surface area contributed by atoms with Crippen molar-refractivity contribution in [3.63, 3.8) is 0 Å². The molecule has 0 aliphatic carbocycles. The molecule has 0 atom stereocenters. The Kier molecular flexibility index (Phi) is 7.21. The number of rotatable bonds is 7. The van der Waals surface area contributed by atoms with Gasteiger partial charge in [-0.2, -0.15) is 17.5 Å². The van der Waals surface area contributed by atoms with Gasteiger partial charge < -0.3 is 14.5 Å². The Hall–Kier alpha value is -4.62. The van der Waals surface area contributed by atoms with E-state index in [0.29, 0.717) is 34.0 Å². The van der Waals surface area contributed by atoms with Crippen LogP contribution in [0, 0.1) is 0 Å². The molecule has 1 aliphatic heterocycles. The van der Waals surface area contributed by atoms with Crippen LogP contribution in [0.15, 0.2) is 101 Å². The summed E-state index contributed by atoms with van der Waals surface area (Å²) in [6.45, 7) is 0.331. The van der Waals surface area contributed by atoms with Crippen LogP contribution in [0.2, 0.25) is 0 Å². The summed E-state index contributed by atoms with van der Waals surface area (Å²) in [5, 5.41) is 11.4. The number of nitrogens with zero attached hydrogens (tertiary/aromatic N) is 4. The van der Waals surface area contributed by atoms with Crippen LogP contribution in [-0.4, -0.2) is 27.7 Å². The standard InChI is InChI=1S/C29H24F3N5O4S/c30-29(31,32)22-12-10-20(11-13-22)16-36-18-23(34-35-36)19-37-17-21-5-1-2-8-26(21)41-27-9-3-7-25(28(27)42(37,38)39)33-15-24-6-4-14-40-24/h1-14,18,33H,15-17,19H2. The quantitative estimate of drug-likeness (QED) is 0.245. The minimum Gasteiger partial charge on any atom is -0.467 e. The lowest BCUT2D eigenvalue weighted by Gasteiger charge is -2.28. The SMILES string of the molecule is O=S1(=O)c2c(NCc3ccco3)cccc2Oc2ccccc2CN1Cc1cn(Cc2ccc(C(F)(F)F)cc2)nn1. The number of ether oxygens (including phenoxy) is 1. The van der Waals surface area contributed by atoms with Gasteiger partial charge in [0.15, 0.2) is 0 Å². The largest absolute Gasteiger partial charge is 0.467 e. The van der Waals surface area contributed by atoms with Crippen molar-refractivity contribution in [1.29, 1.82) is 0 Å². The molecule has 0 amide bonds. The lowest BCUT2D eigenvalue weighted by molar-refractivity contribution is -0.137. The summed E-state index contributed by atoms with van der Waals surface area (Å²) >= 11 is 0. The topological polar surface area (TPSA) is 102 Å². The first-order chi connectivity index (χ1) is 20.2. The highest BCUT2D eigenvalue weighted by molar-refractivity contribution is 7.89. The van der Waals surface area contributed by atoms with E-state index in [4.69, 9.17) is 9.15 Å². The van der Waals surface area contributed by atoms with Crippen LogP contribution < -0.4 is 10.1 Å². The van der Waals surface area contributed by atoms with Gasteiger partial charge in [-0.25, -0.2) is 13.1 Å². The molecule has 0 saturated carbocycles. The third-order valence-corrected chi connectivity index (χ3v) is 8.57. The highest BCUT2D eigenvalue weighted by Gasteiger charge is 2.35. The third kappa shape index (κ3) is 5.74. The number of sulfonamides is 1. The number of fused-ring (bicyclic) bond motifs is 2. The monoisotopic (exact) mass is 595 g/mol. The minimum absolute atomic E-state index is 0.0101. The molecule has 0 bridgehead atoms. The molecule has 6 rings (SSSR count). The molecule has 0 fully saturated rings. The predicted molar refractivity (Wildman–Crippen MR) is 146 cm³/mol. The second-order valence-corrected chi connectivity index (χ2v) is 11.5. The maximum atomic E-state index is 14.2. The van der Waals surface area contributed by atoms with Crippen LogP contribution in [0.3, 0.4) is 0 Å². The average Bonchev–Trinajstić information content (AvgIpc) is 3.64. The van der Waals surface area contributed by atoms with Gasteiger partial charge in [0, 0.05) is 12.1 Å². The number of furan rings is 1. The Bertz CT molecular complexity index is 1800. The van der Waals surface area contributed by atoms with Gasteiger partial charge in [0.05, 0.1) is 49.0 Å². The van der Waals surface area contributed by atoms with Gasteiger partial charge >= 0.3 is 6.18 Å². The van der Waals surface area contributed by atoms with Gasteiger partial charge in [-0.15, -0.1) is 5.10 Å². The number of halogens is 3. The smallest absolute Gasteiger partial charge is 0.416 e. The van der Waals surface area contributed by atoms with Crippen LogP contribution >= 0.6 is 0 Å². The molecule has 3 heterocycles. The first-order valence-electron chi connectivity index (χ1n) is 12.9. The fourth-order valence-electron chi connectivity index (χ4n) is 4.65. The molecule has 3 aromatic carbocycles. The molecule has 5 aromatic rings. The number of alkyl halides is 3. The van der Waals surface area contributed by atoms with Crippen LogP contribution in [0.5, 0.6) is 11.5 Å². The van der Waals surface area contributed by atoms with Crippen molar-refractivity contribution in [3.05, 3.63) is 119 Å². The van der Waals surface area contributed by atoms with Gasteiger partial charge in [0.2, 0.25) is 10.0 Å². The van der Waals surface area contributed by atoms with E-state index in [-0.39, 0.29) is 36.8 Å². The Morgan fingerprint density at radius 3 is 2.45 bits per heavy atom. The average molecular weight is 596 g/mol. The van der Waals surface area contributed by atoms with Gasteiger partial charge in [-0.3, -0.25) is 0 Å². The number of benzene rings is 3. The Balaban J connectivity index is 1.30. The first kappa shape index (κ1) is 27.5. The van der Waals surface area contributed by atoms with Gasteiger partial charge in [0.1, 0.15) is 22.2 Å². The molecule has 1 N–H and O–H groups in total. The van der Waals surface area contributed by atoms with Gasteiger partial charge in [0.25, 0.3) is 0 Å². The molecule has 42 heavy (non-hydrogen) atoms. The van der Waals surface area contributed by atoms with Gasteiger partial charge in [-0.1, -0.05) is 41.6 Å². The normalized spacial score (nSPS) is 14.7. The summed E-state index contributed by atoms with van der Waals surface area (Å²) in [4.78, 5) is -0.0248. The molecule has 0 unspecified atom stereocenters. The van der Waals surface area contributed by atoms with Crippen molar-refractivity contribution in [2.24, 2.45) is 0 Å². The molecular weight excluding hydrogens is 571 g/mol. The van der Waals surface area contributed by atoms with E-state index >= 15 is 0 Å². The lowest BCUT2D eigenvalue weighted by Crippen LogP contribution is -2.32. The van der Waals surface area contributed by atoms with Crippen LogP contribution in [0.1, 0.15) is 28.1 Å². The number of aromatic nitrogens is 3. The first-order valence-corrected chi connectivity index (χ1v) is 14.3. The van der Waals surface area contributed by atoms with Gasteiger partial charge in [-0.05, 0) is 48.0 Å². The number of hydrogen-bond donors (Lipinski definition) is 1. The predicted octanol–water partition coefficient (Wildman–Crippen LogP) is 6.05. The van der Waals surface area contributed by atoms with Crippen molar-refractivity contribution in [2.75, 3.05) is 5.32 Å². The Morgan fingerprint density at radius 2 is 1.69 bits per heavy atom. The highest BCUT2D eigenvalue weighted by atomic mass is 32.2. The minimum atomic E-state index is -4.42. The van der Waals surface area contributed by atoms with E-state index < -0.39 is 21.8 Å². The second kappa shape index (κ2) is 11.0. The number of anilines is 1. The van der Waals surface area contributed by atoms with Crippen molar-refractivity contribution in [1.82, 2.24) is 19.3 Å². The Labute approximate surface area is 239 Å². The summed E-state index contributed by atoms with van der Waals surface area (Å²) < 4.78 is 81.4. The van der Waals surface area contributed by atoms with Crippen LogP contribution in [-0.2, 0) is 42.4 Å². The zero-order valence-electron chi connectivity index (χ0n) is 22.0. The summed E-state index contributed by atoms with van der Waals surface area (Å²) in [5.74, 6) is 1.32. The van der Waals surface area contributed by atoms with E-state index in [9.17, 15) is 21.6 Å². The van der Waals surface area contributed by atoms with E-state index in [0.717, 1.165) is 12.1 Å². The highest BCUT2D eigenvalue weighted by Crippen LogP contribution is 2.41. The molecule has 0 saturated heterocycles. The van der Waals surface area contributed by atoms with E-state index in [1.807, 2.05) is 6.07 Å². The molecule has 0 spiro atoms. The van der Waals surface area contributed by atoms with E-state index in [2.05, 4.69) is 15.6 Å². The van der Waals surface area contributed by atoms with E-state index in [1.54, 1.807) is 54.7 Å². The van der Waals surface area contributed by atoms with Crippen molar-refractivity contribution < 1.29 is 30.7 Å². The molecule has 9 nitrogen and oxygen atoms in total. The maximum Gasteiger partial charge on any atom is 0.416 e. The fourth-order valence-corrected chi connectivity index (χ4v) is 6.30. The summed E-state index contributed by atoms with van der Waals surface area (Å²) in [7, 11) is -4.14. The Morgan fingerprint density at radius 1 is 0.905 bits per heavy atom. The summed E-state index contributed by atoms with van der Waals surface area (Å²) in [6, 6.07) is 20.4.